The van der Waals surface area contributed by atoms with Gasteiger partial charge in [0.2, 0.25) is 0 Å². The van der Waals surface area contributed by atoms with Crippen LogP contribution in [0, 0.1) is 6.92 Å². The number of nitrogens with two attached hydrogens (primary N) is 1. The fourth-order valence-corrected chi connectivity index (χ4v) is 2.19. The lowest BCUT2D eigenvalue weighted by Gasteiger charge is -2.06. The summed E-state index contributed by atoms with van der Waals surface area (Å²) in [5.74, 6) is 0.0697. The first kappa shape index (κ1) is 13.1. The summed E-state index contributed by atoms with van der Waals surface area (Å²) in [7, 11) is 1.29. The Morgan fingerprint density at radius 2 is 2.10 bits per heavy atom. The minimum Gasteiger partial charge on any atom is -0.464 e. The predicted octanol–water partition coefficient (Wildman–Crippen LogP) is 2.10. The first-order valence-electron chi connectivity index (χ1n) is 6.40. The van der Waals surface area contributed by atoms with E-state index in [-0.39, 0.29) is 11.4 Å². The summed E-state index contributed by atoms with van der Waals surface area (Å²) >= 11 is 0. The number of anilines is 1. The normalized spacial score (nSPS) is 10.8. The number of ether oxygens (including phenoxy) is 1. The molecule has 2 aromatic heterocycles. The first-order chi connectivity index (χ1) is 10.1. The smallest absolute Gasteiger partial charge is 0.360 e. The molecule has 6 heteroatoms. The van der Waals surface area contributed by atoms with E-state index < -0.39 is 5.97 Å². The number of hydrogen-bond acceptors (Lipinski definition) is 5. The number of rotatable bonds is 2. The summed E-state index contributed by atoms with van der Waals surface area (Å²) in [6.07, 6.45) is 1.57. The van der Waals surface area contributed by atoms with Crippen LogP contribution in [0.15, 0.2) is 36.5 Å². The highest BCUT2D eigenvalue weighted by Gasteiger charge is 2.17. The minimum atomic E-state index is -0.565. The predicted molar refractivity (Wildman–Crippen MR) is 79.4 cm³/mol. The van der Waals surface area contributed by atoms with E-state index in [0.29, 0.717) is 5.82 Å². The van der Waals surface area contributed by atoms with Crippen molar-refractivity contribution >= 4 is 22.6 Å². The van der Waals surface area contributed by atoms with Gasteiger partial charge in [-0.2, -0.15) is 5.10 Å². The first-order valence-corrected chi connectivity index (χ1v) is 6.40. The van der Waals surface area contributed by atoms with Gasteiger partial charge in [0, 0.05) is 5.39 Å². The quantitative estimate of drug-likeness (QED) is 0.728. The molecular formula is C15H14N4O2. The van der Waals surface area contributed by atoms with Crippen LogP contribution in [-0.2, 0) is 4.74 Å². The molecular weight excluding hydrogens is 268 g/mol. The van der Waals surface area contributed by atoms with E-state index in [1.54, 1.807) is 6.20 Å². The second-order valence-corrected chi connectivity index (χ2v) is 4.69. The number of hydrogen-bond donors (Lipinski definition) is 1. The summed E-state index contributed by atoms with van der Waals surface area (Å²) in [6.45, 7) is 1.93. The number of nitrogens with zero attached hydrogens (tertiary/aromatic N) is 3. The zero-order valence-corrected chi connectivity index (χ0v) is 11.7. The zero-order chi connectivity index (χ0) is 15.0. The molecule has 0 saturated heterocycles. The molecule has 0 atom stereocenters. The molecule has 21 heavy (non-hydrogen) atoms. The standard InChI is InChI=1S/C15H14N4O2/c1-9-7-10-5-3-4-6-12(10)17-14(9)19-8-11(16)13(18-19)15(20)21-2/h3-8H,16H2,1-2H3. The summed E-state index contributed by atoms with van der Waals surface area (Å²) in [4.78, 5) is 16.2. The Labute approximate surface area is 121 Å². The van der Waals surface area contributed by atoms with Crippen molar-refractivity contribution in [3.63, 3.8) is 0 Å². The highest BCUT2D eigenvalue weighted by molar-refractivity contribution is 5.92. The third kappa shape index (κ3) is 2.20. The lowest BCUT2D eigenvalue weighted by molar-refractivity contribution is 0.0594. The second kappa shape index (κ2) is 4.90. The lowest BCUT2D eigenvalue weighted by Crippen LogP contribution is -2.07. The molecule has 106 valence electrons. The number of para-hydroxylation sites is 1. The fourth-order valence-electron chi connectivity index (χ4n) is 2.19. The molecule has 0 amide bonds. The van der Waals surface area contributed by atoms with Crippen molar-refractivity contribution < 1.29 is 9.53 Å². The van der Waals surface area contributed by atoms with E-state index in [9.17, 15) is 4.79 Å². The minimum absolute atomic E-state index is 0.0897. The van der Waals surface area contributed by atoms with Gasteiger partial charge < -0.3 is 10.5 Å². The molecule has 0 saturated carbocycles. The largest absolute Gasteiger partial charge is 0.464 e. The molecule has 3 aromatic rings. The van der Waals surface area contributed by atoms with Gasteiger partial charge >= 0.3 is 5.97 Å². The van der Waals surface area contributed by atoms with Gasteiger partial charge in [0.15, 0.2) is 11.5 Å². The molecule has 0 fully saturated rings. The van der Waals surface area contributed by atoms with Crippen molar-refractivity contribution in [2.75, 3.05) is 12.8 Å². The zero-order valence-electron chi connectivity index (χ0n) is 11.7. The maximum Gasteiger partial charge on any atom is 0.360 e. The number of fused-ring (bicyclic) bond motifs is 1. The molecule has 6 nitrogen and oxygen atoms in total. The number of nitrogen functional groups attached to an aromatic ring is 1. The van der Waals surface area contributed by atoms with Gasteiger partial charge in [-0.1, -0.05) is 18.2 Å². The van der Waals surface area contributed by atoms with E-state index in [4.69, 9.17) is 5.73 Å². The van der Waals surface area contributed by atoms with Gasteiger partial charge in [-0.15, -0.1) is 0 Å². The molecule has 0 aliphatic heterocycles. The average molecular weight is 282 g/mol. The van der Waals surface area contributed by atoms with E-state index in [1.165, 1.54) is 11.8 Å². The molecule has 0 aliphatic carbocycles. The van der Waals surface area contributed by atoms with Crippen molar-refractivity contribution in [1.82, 2.24) is 14.8 Å². The molecule has 1 aromatic carbocycles. The lowest BCUT2D eigenvalue weighted by atomic mass is 10.1. The summed E-state index contributed by atoms with van der Waals surface area (Å²) in [5.41, 5.74) is 7.95. The number of methoxy groups -OCH3 is 1. The molecule has 3 rings (SSSR count). The van der Waals surface area contributed by atoms with Gasteiger partial charge in [0.05, 0.1) is 24.5 Å². The number of benzene rings is 1. The number of pyridine rings is 1. The van der Waals surface area contributed by atoms with Crippen LogP contribution >= 0.6 is 0 Å². The van der Waals surface area contributed by atoms with E-state index in [2.05, 4.69) is 14.8 Å². The maximum absolute atomic E-state index is 11.6. The molecule has 2 N–H and O–H groups in total. The topological polar surface area (TPSA) is 83.0 Å². The van der Waals surface area contributed by atoms with Crippen molar-refractivity contribution in [2.45, 2.75) is 6.92 Å². The van der Waals surface area contributed by atoms with E-state index in [0.717, 1.165) is 16.5 Å². The van der Waals surface area contributed by atoms with Crippen LogP contribution in [0.25, 0.3) is 16.7 Å². The third-order valence-corrected chi connectivity index (χ3v) is 3.23. The Morgan fingerprint density at radius 3 is 2.86 bits per heavy atom. The Balaban J connectivity index is 2.16. The molecule has 2 heterocycles. The van der Waals surface area contributed by atoms with Crippen molar-refractivity contribution in [2.24, 2.45) is 0 Å². The van der Waals surface area contributed by atoms with Crippen molar-refractivity contribution in [3.8, 4) is 5.82 Å². The monoisotopic (exact) mass is 282 g/mol. The van der Waals surface area contributed by atoms with Crippen molar-refractivity contribution in [1.29, 1.82) is 0 Å². The summed E-state index contributed by atoms with van der Waals surface area (Å²) in [6, 6.07) is 9.83. The Kier molecular flexibility index (Phi) is 3.06. The summed E-state index contributed by atoms with van der Waals surface area (Å²) in [5, 5.41) is 5.22. The fraction of sp³-hybridized carbons (Fsp3) is 0.133. The van der Waals surface area contributed by atoms with Crippen LogP contribution in [0.3, 0.4) is 0 Å². The van der Waals surface area contributed by atoms with Crippen LogP contribution in [0.1, 0.15) is 16.1 Å². The number of carbonyl (C=O) groups is 1. The average Bonchev–Trinajstić information content (AvgIpc) is 2.87. The van der Waals surface area contributed by atoms with Crippen LogP contribution in [0.4, 0.5) is 5.69 Å². The van der Waals surface area contributed by atoms with Gasteiger partial charge in [-0.05, 0) is 24.6 Å². The number of aryl methyl sites for hydroxylation is 1. The van der Waals surface area contributed by atoms with Gasteiger partial charge in [0.25, 0.3) is 0 Å². The number of carbonyl (C=O) groups excluding carboxylic acids is 1. The molecule has 0 bridgehead atoms. The summed E-state index contributed by atoms with van der Waals surface area (Å²) < 4.78 is 6.15. The van der Waals surface area contributed by atoms with Crippen LogP contribution < -0.4 is 5.73 Å². The highest BCUT2D eigenvalue weighted by Crippen LogP contribution is 2.20. The SMILES string of the molecule is COC(=O)c1nn(-c2nc3ccccc3cc2C)cc1N. The van der Waals surface area contributed by atoms with Crippen molar-refractivity contribution in [3.05, 3.63) is 47.8 Å². The highest BCUT2D eigenvalue weighted by atomic mass is 16.5. The Morgan fingerprint density at radius 1 is 1.33 bits per heavy atom. The molecule has 0 radical (unpaired) electrons. The van der Waals surface area contributed by atoms with Gasteiger partial charge in [-0.25, -0.2) is 14.5 Å². The van der Waals surface area contributed by atoms with E-state index >= 15 is 0 Å². The number of esters is 1. The molecule has 0 spiro atoms. The molecule has 0 aliphatic rings. The third-order valence-electron chi connectivity index (χ3n) is 3.23. The molecule has 0 unspecified atom stereocenters. The van der Waals surface area contributed by atoms with Crippen LogP contribution in [0.5, 0.6) is 0 Å². The van der Waals surface area contributed by atoms with Gasteiger partial charge in [-0.3, -0.25) is 0 Å². The van der Waals surface area contributed by atoms with Crippen LogP contribution in [0.2, 0.25) is 0 Å². The second-order valence-electron chi connectivity index (χ2n) is 4.69. The number of aromatic nitrogens is 3. The van der Waals surface area contributed by atoms with E-state index in [1.807, 2.05) is 37.3 Å². The Bertz CT molecular complexity index is 839. The van der Waals surface area contributed by atoms with Crippen LogP contribution in [-0.4, -0.2) is 27.8 Å². The van der Waals surface area contributed by atoms with Gasteiger partial charge in [0.1, 0.15) is 0 Å². The Hall–Kier alpha value is -2.89. The maximum atomic E-state index is 11.6.